The van der Waals surface area contributed by atoms with E-state index in [-0.39, 0.29) is 18.6 Å². The number of aliphatic hydroxyl groups is 1. The predicted molar refractivity (Wildman–Crippen MR) is 83.8 cm³/mol. The van der Waals surface area contributed by atoms with Gasteiger partial charge in [-0.25, -0.2) is 9.59 Å². The van der Waals surface area contributed by atoms with Gasteiger partial charge in [0.2, 0.25) is 0 Å². The quantitative estimate of drug-likeness (QED) is 0.747. The van der Waals surface area contributed by atoms with Crippen molar-refractivity contribution in [2.24, 2.45) is 5.92 Å². The number of carboxylic acid groups (broad SMARTS) is 1. The first-order chi connectivity index (χ1) is 11.0. The molecule has 1 atom stereocenters. The van der Waals surface area contributed by atoms with Gasteiger partial charge < -0.3 is 20.3 Å². The number of benzene rings is 1. The number of carbonyl (C=O) groups is 2. The molecule has 23 heavy (non-hydrogen) atoms. The van der Waals surface area contributed by atoms with E-state index >= 15 is 0 Å². The minimum Gasteiger partial charge on any atom is -0.480 e. The third-order valence-electron chi connectivity index (χ3n) is 4.19. The van der Waals surface area contributed by atoms with Gasteiger partial charge in [0, 0.05) is 0 Å². The normalized spacial score (nSPS) is 22.1. The molecule has 1 aromatic rings. The Bertz CT molecular complexity index is 511. The summed E-state index contributed by atoms with van der Waals surface area (Å²) in [6.07, 6.45) is 2.31. The van der Waals surface area contributed by atoms with Crippen molar-refractivity contribution in [3.8, 4) is 0 Å². The molecule has 0 saturated heterocycles. The van der Waals surface area contributed by atoms with E-state index in [0.717, 1.165) is 18.4 Å². The van der Waals surface area contributed by atoms with Crippen molar-refractivity contribution in [1.82, 2.24) is 5.32 Å². The predicted octanol–water partition coefficient (Wildman–Crippen LogP) is 2.31. The van der Waals surface area contributed by atoms with Crippen LogP contribution in [0, 0.1) is 5.92 Å². The molecule has 1 fully saturated rings. The summed E-state index contributed by atoms with van der Waals surface area (Å²) in [5.41, 5.74) is 0.843. The number of carbonyl (C=O) groups excluding carboxylic acids is 1. The Kier molecular flexibility index (Phi) is 6.40. The van der Waals surface area contributed by atoms with Crippen LogP contribution >= 0.6 is 0 Å². The van der Waals surface area contributed by atoms with Crippen LogP contribution in [0.5, 0.6) is 0 Å². The van der Waals surface area contributed by atoms with Gasteiger partial charge in [-0.2, -0.15) is 0 Å². The van der Waals surface area contributed by atoms with Gasteiger partial charge in [-0.1, -0.05) is 30.3 Å². The molecule has 1 aliphatic carbocycles. The zero-order valence-electron chi connectivity index (χ0n) is 13.0. The lowest BCUT2D eigenvalue weighted by Crippen LogP contribution is -2.42. The van der Waals surface area contributed by atoms with Crippen LogP contribution in [0.4, 0.5) is 4.79 Å². The summed E-state index contributed by atoms with van der Waals surface area (Å²) in [6.45, 7) is 0.106. The summed E-state index contributed by atoms with van der Waals surface area (Å²) in [5.74, 6) is -0.860. The van der Waals surface area contributed by atoms with Crippen LogP contribution in [0.2, 0.25) is 0 Å². The summed E-state index contributed by atoms with van der Waals surface area (Å²) in [7, 11) is 0. The number of hydrogen-bond donors (Lipinski definition) is 3. The van der Waals surface area contributed by atoms with Crippen LogP contribution in [0.3, 0.4) is 0 Å². The van der Waals surface area contributed by atoms with Gasteiger partial charge in [-0.3, -0.25) is 0 Å². The molecule has 0 aliphatic heterocycles. The number of alkyl carbamates (subject to hydrolysis) is 1. The fourth-order valence-electron chi connectivity index (χ4n) is 2.84. The van der Waals surface area contributed by atoms with Crippen molar-refractivity contribution in [3.05, 3.63) is 35.9 Å². The van der Waals surface area contributed by atoms with E-state index in [2.05, 4.69) is 5.32 Å². The van der Waals surface area contributed by atoms with Crippen LogP contribution in [-0.2, 0) is 16.1 Å². The molecule has 1 unspecified atom stereocenters. The minimum absolute atomic E-state index is 0.106. The van der Waals surface area contributed by atoms with E-state index in [1.165, 1.54) is 0 Å². The number of carboxylic acids is 1. The fourth-order valence-corrected chi connectivity index (χ4v) is 2.84. The van der Waals surface area contributed by atoms with Crippen LogP contribution < -0.4 is 5.32 Å². The van der Waals surface area contributed by atoms with Gasteiger partial charge >= 0.3 is 12.1 Å². The second-order valence-electron chi connectivity index (χ2n) is 6.01. The molecule has 3 N–H and O–H groups in total. The molecule has 1 aliphatic rings. The Morgan fingerprint density at radius 3 is 2.43 bits per heavy atom. The third kappa shape index (κ3) is 5.90. The number of aliphatic hydroxyl groups excluding tert-OH is 1. The van der Waals surface area contributed by atoms with E-state index < -0.39 is 18.1 Å². The molecule has 6 heteroatoms. The van der Waals surface area contributed by atoms with E-state index in [1.807, 2.05) is 30.3 Å². The van der Waals surface area contributed by atoms with Crippen molar-refractivity contribution in [1.29, 1.82) is 0 Å². The maximum absolute atomic E-state index is 11.8. The van der Waals surface area contributed by atoms with Crippen molar-refractivity contribution >= 4 is 12.1 Å². The lowest BCUT2D eigenvalue weighted by atomic mass is 9.83. The van der Waals surface area contributed by atoms with Gasteiger partial charge in [0.05, 0.1) is 6.10 Å². The van der Waals surface area contributed by atoms with Crippen LogP contribution in [0.25, 0.3) is 0 Å². The molecule has 1 saturated carbocycles. The van der Waals surface area contributed by atoms with Gasteiger partial charge in [-0.15, -0.1) is 0 Å². The number of nitrogens with one attached hydrogen (secondary N) is 1. The highest BCUT2D eigenvalue weighted by Crippen LogP contribution is 2.27. The Morgan fingerprint density at radius 1 is 1.17 bits per heavy atom. The third-order valence-corrected chi connectivity index (χ3v) is 4.19. The topological polar surface area (TPSA) is 95.9 Å². The number of ether oxygens (including phenoxy) is 1. The number of hydrogen-bond acceptors (Lipinski definition) is 4. The van der Waals surface area contributed by atoms with Crippen molar-refractivity contribution in [2.75, 3.05) is 0 Å². The van der Waals surface area contributed by atoms with Crippen molar-refractivity contribution in [3.63, 3.8) is 0 Å². The van der Waals surface area contributed by atoms with Gasteiger partial charge in [0.1, 0.15) is 12.6 Å². The van der Waals surface area contributed by atoms with Crippen LogP contribution in [0.15, 0.2) is 30.3 Å². The molecule has 0 heterocycles. The van der Waals surface area contributed by atoms with E-state index in [4.69, 9.17) is 4.74 Å². The molecule has 0 radical (unpaired) electrons. The lowest BCUT2D eigenvalue weighted by Gasteiger charge is -2.27. The summed E-state index contributed by atoms with van der Waals surface area (Å²) in [5, 5.41) is 21.2. The molecule has 0 aromatic heterocycles. The number of amides is 1. The highest BCUT2D eigenvalue weighted by Gasteiger charge is 2.27. The molecule has 126 valence electrons. The Labute approximate surface area is 135 Å². The second-order valence-corrected chi connectivity index (χ2v) is 6.01. The zero-order chi connectivity index (χ0) is 16.7. The molecule has 0 spiro atoms. The monoisotopic (exact) mass is 321 g/mol. The Hall–Kier alpha value is -2.08. The number of aliphatic carboxylic acids is 1. The molecule has 2 rings (SSSR count). The first-order valence-electron chi connectivity index (χ1n) is 7.92. The van der Waals surface area contributed by atoms with E-state index in [1.54, 1.807) is 0 Å². The van der Waals surface area contributed by atoms with Gasteiger partial charge in [0.25, 0.3) is 0 Å². The summed E-state index contributed by atoms with van der Waals surface area (Å²) < 4.78 is 5.06. The first-order valence-corrected chi connectivity index (χ1v) is 7.92. The fraction of sp³-hybridized carbons (Fsp3) is 0.529. The standard InChI is InChI=1S/C17H23NO5/c19-14-8-6-12(7-9-14)10-15(16(20)21)18-17(22)23-11-13-4-2-1-3-5-13/h1-5,12,14-15,19H,6-11H2,(H,18,22)(H,20,21). The Balaban J connectivity index is 1.79. The maximum atomic E-state index is 11.8. The highest BCUT2D eigenvalue weighted by atomic mass is 16.5. The van der Waals surface area contributed by atoms with Crippen LogP contribution in [-0.4, -0.2) is 34.4 Å². The molecular formula is C17H23NO5. The molecule has 6 nitrogen and oxygen atoms in total. The zero-order valence-corrected chi connectivity index (χ0v) is 13.0. The molecule has 1 amide bonds. The first kappa shape index (κ1) is 17.3. The Morgan fingerprint density at radius 2 is 1.83 bits per heavy atom. The second kappa shape index (κ2) is 8.53. The molecule has 1 aromatic carbocycles. The average Bonchev–Trinajstić information content (AvgIpc) is 2.55. The van der Waals surface area contributed by atoms with E-state index in [0.29, 0.717) is 19.3 Å². The van der Waals surface area contributed by atoms with Crippen molar-refractivity contribution in [2.45, 2.75) is 50.9 Å². The van der Waals surface area contributed by atoms with Gasteiger partial charge in [-0.05, 0) is 43.6 Å². The number of rotatable bonds is 6. The lowest BCUT2D eigenvalue weighted by molar-refractivity contribution is -0.140. The smallest absolute Gasteiger partial charge is 0.408 e. The summed E-state index contributed by atoms with van der Waals surface area (Å²) in [4.78, 5) is 23.1. The average molecular weight is 321 g/mol. The van der Waals surface area contributed by atoms with Crippen molar-refractivity contribution < 1.29 is 24.5 Å². The minimum atomic E-state index is -1.06. The van der Waals surface area contributed by atoms with E-state index in [9.17, 15) is 19.8 Å². The van der Waals surface area contributed by atoms with Gasteiger partial charge in [0.15, 0.2) is 0 Å². The molecule has 0 bridgehead atoms. The van der Waals surface area contributed by atoms with Crippen LogP contribution in [0.1, 0.15) is 37.7 Å². The summed E-state index contributed by atoms with van der Waals surface area (Å²) in [6, 6.07) is 8.25. The largest absolute Gasteiger partial charge is 0.480 e. The SMILES string of the molecule is O=C(NC(CC1CCC(O)CC1)C(=O)O)OCc1ccccc1. The highest BCUT2D eigenvalue weighted by molar-refractivity contribution is 5.79. The molecular weight excluding hydrogens is 298 g/mol. The maximum Gasteiger partial charge on any atom is 0.408 e. The summed E-state index contributed by atoms with van der Waals surface area (Å²) >= 11 is 0.